The summed E-state index contributed by atoms with van der Waals surface area (Å²) in [5, 5.41) is 4.48. The molecule has 4 nitrogen and oxygen atoms in total. The Bertz CT molecular complexity index is 1100. The molecule has 1 aliphatic heterocycles. The monoisotopic (exact) mass is 430 g/mol. The molecule has 0 saturated carbocycles. The molecule has 3 aromatic rings. The number of halogens is 3. The molecule has 2 amide bonds. The van der Waals surface area contributed by atoms with Crippen LogP contribution in [0.5, 0.6) is 0 Å². The molecule has 154 valence electrons. The highest BCUT2D eigenvalue weighted by Crippen LogP contribution is 2.44. The summed E-state index contributed by atoms with van der Waals surface area (Å²) in [6, 6.07) is 14.5. The number of benzene rings is 2. The zero-order chi connectivity index (χ0) is 21.5. The van der Waals surface area contributed by atoms with E-state index in [0.29, 0.717) is 11.1 Å². The summed E-state index contributed by atoms with van der Waals surface area (Å²) in [7, 11) is 1.63. The van der Waals surface area contributed by atoms with Gasteiger partial charge in [0, 0.05) is 23.2 Å². The number of nitrogens with zero attached hydrogens (tertiary/aromatic N) is 1. The van der Waals surface area contributed by atoms with E-state index in [1.54, 1.807) is 31.3 Å². The standard InChI is InChI=1S/C22H17F3N2O2S/c1-27-19(17-10-5-11-30-17)18(15-8-2-3-9-16(15)21(27)29)20(28)26-14-7-4-6-13(12-14)22(23,24)25/h2-12,18-19H,1H3,(H,26,28)/t18-,19-/m0/s1. The van der Waals surface area contributed by atoms with Crippen LogP contribution in [-0.4, -0.2) is 23.8 Å². The number of carbonyl (C=O) groups is 2. The minimum absolute atomic E-state index is 0.0526. The number of carbonyl (C=O) groups excluding carboxylic acids is 2. The number of amides is 2. The molecule has 30 heavy (non-hydrogen) atoms. The second kappa shape index (κ2) is 7.60. The normalized spacial score (nSPS) is 18.8. The zero-order valence-corrected chi connectivity index (χ0v) is 16.6. The largest absolute Gasteiger partial charge is 0.416 e. The third-order valence-corrected chi connectivity index (χ3v) is 6.10. The number of hydrogen-bond donors (Lipinski definition) is 1. The van der Waals surface area contributed by atoms with Crippen molar-refractivity contribution in [2.75, 3.05) is 12.4 Å². The van der Waals surface area contributed by atoms with E-state index < -0.39 is 29.6 Å². The first-order valence-corrected chi connectivity index (χ1v) is 10.0. The fourth-order valence-electron chi connectivity index (χ4n) is 3.77. The van der Waals surface area contributed by atoms with E-state index in [1.165, 1.54) is 28.4 Å². The first-order chi connectivity index (χ1) is 14.3. The lowest BCUT2D eigenvalue weighted by molar-refractivity contribution is -0.137. The molecule has 0 fully saturated rings. The molecule has 1 aliphatic rings. The molecule has 0 unspecified atom stereocenters. The fraction of sp³-hybridized carbons (Fsp3) is 0.182. The van der Waals surface area contributed by atoms with E-state index in [-0.39, 0.29) is 11.6 Å². The number of hydrogen-bond acceptors (Lipinski definition) is 3. The van der Waals surface area contributed by atoms with E-state index in [1.807, 2.05) is 17.5 Å². The minimum Gasteiger partial charge on any atom is -0.333 e. The Labute approximate surface area is 174 Å². The summed E-state index contributed by atoms with van der Waals surface area (Å²) in [6.07, 6.45) is -4.51. The van der Waals surface area contributed by atoms with Crippen LogP contribution in [0.25, 0.3) is 0 Å². The zero-order valence-electron chi connectivity index (χ0n) is 15.8. The van der Waals surface area contributed by atoms with Crippen LogP contribution >= 0.6 is 11.3 Å². The van der Waals surface area contributed by atoms with Crippen molar-refractivity contribution in [3.63, 3.8) is 0 Å². The molecule has 2 heterocycles. The van der Waals surface area contributed by atoms with E-state index >= 15 is 0 Å². The second-order valence-electron chi connectivity index (χ2n) is 7.01. The minimum atomic E-state index is -4.51. The van der Waals surface area contributed by atoms with E-state index in [0.717, 1.165) is 17.0 Å². The van der Waals surface area contributed by atoms with Crippen molar-refractivity contribution in [2.24, 2.45) is 0 Å². The molecular formula is C22H17F3N2O2S. The number of fused-ring (bicyclic) bond motifs is 1. The maximum atomic E-state index is 13.3. The molecule has 2 atom stereocenters. The predicted octanol–water partition coefficient (Wildman–Crippen LogP) is 5.32. The van der Waals surface area contributed by atoms with Gasteiger partial charge in [0.2, 0.25) is 5.91 Å². The van der Waals surface area contributed by atoms with Gasteiger partial charge in [-0.3, -0.25) is 9.59 Å². The molecule has 1 aromatic heterocycles. The van der Waals surface area contributed by atoms with Gasteiger partial charge in [-0.1, -0.05) is 30.3 Å². The predicted molar refractivity (Wildman–Crippen MR) is 108 cm³/mol. The van der Waals surface area contributed by atoms with Crippen LogP contribution in [0.2, 0.25) is 0 Å². The van der Waals surface area contributed by atoms with Gasteiger partial charge < -0.3 is 10.2 Å². The molecule has 0 radical (unpaired) electrons. The second-order valence-corrected chi connectivity index (χ2v) is 7.99. The Morgan fingerprint density at radius 2 is 1.83 bits per heavy atom. The summed E-state index contributed by atoms with van der Waals surface area (Å²) in [5.41, 5.74) is 0.184. The van der Waals surface area contributed by atoms with Crippen molar-refractivity contribution in [3.8, 4) is 0 Å². The highest BCUT2D eigenvalue weighted by Gasteiger charge is 2.43. The van der Waals surface area contributed by atoms with E-state index in [4.69, 9.17) is 0 Å². The topological polar surface area (TPSA) is 49.4 Å². The van der Waals surface area contributed by atoms with Gasteiger partial charge in [-0.15, -0.1) is 11.3 Å². The maximum Gasteiger partial charge on any atom is 0.416 e. The highest BCUT2D eigenvalue weighted by molar-refractivity contribution is 7.10. The van der Waals surface area contributed by atoms with E-state index in [2.05, 4.69) is 5.32 Å². The van der Waals surface area contributed by atoms with Gasteiger partial charge in [0.05, 0.1) is 17.5 Å². The third-order valence-electron chi connectivity index (χ3n) is 5.15. The van der Waals surface area contributed by atoms with Crippen molar-refractivity contribution in [1.29, 1.82) is 0 Å². The average molecular weight is 430 g/mol. The molecular weight excluding hydrogens is 413 g/mol. The van der Waals surface area contributed by atoms with Crippen LogP contribution in [0, 0.1) is 0 Å². The Hall–Kier alpha value is -3.13. The lowest BCUT2D eigenvalue weighted by Gasteiger charge is -2.39. The number of nitrogens with one attached hydrogen (secondary N) is 1. The van der Waals surface area contributed by atoms with Crippen molar-refractivity contribution in [2.45, 2.75) is 18.1 Å². The van der Waals surface area contributed by atoms with Gasteiger partial charge in [0.1, 0.15) is 0 Å². The van der Waals surface area contributed by atoms with Crippen LogP contribution < -0.4 is 5.32 Å². The first-order valence-electron chi connectivity index (χ1n) is 9.15. The molecule has 2 aromatic carbocycles. The van der Waals surface area contributed by atoms with Gasteiger partial charge in [-0.2, -0.15) is 13.2 Å². The lowest BCUT2D eigenvalue weighted by Crippen LogP contribution is -2.43. The Morgan fingerprint density at radius 1 is 1.07 bits per heavy atom. The van der Waals surface area contributed by atoms with Crippen molar-refractivity contribution in [1.82, 2.24) is 4.90 Å². The Morgan fingerprint density at radius 3 is 2.53 bits per heavy atom. The van der Waals surface area contributed by atoms with Crippen molar-refractivity contribution < 1.29 is 22.8 Å². The van der Waals surface area contributed by atoms with Gasteiger partial charge in [-0.05, 0) is 41.3 Å². The summed E-state index contributed by atoms with van der Waals surface area (Å²) in [4.78, 5) is 28.5. The number of anilines is 1. The van der Waals surface area contributed by atoms with Crippen LogP contribution in [-0.2, 0) is 11.0 Å². The van der Waals surface area contributed by atoms with Crippen molar-refractivity contribution in [3.05, 3.63) is 87.6 Å². The van der Waals surface area contributed by atoms with Crippen molar-refractivity contribution >= 4 is 28.8 Å². The first kappa shape index (κ1) is 20.2. The van der Waals surface area contributed by atoms with Crippen LogP contribution in [0.4, 0.5) is 18.9 Å². The number of rotatable bonds is 3. The fourth-order valence-corrected chi connectivity index (χ4v) is 4.67. The van der Waals surface area contributed by atoms with Crippen LogP contribution in [0.1, 0.15) is 38.3 Å². The number of alkyl halides is 3. The molecule has 0 bridgehead atoms. The van der Waals surface area contributed by atoms with Gasteiger partial charge in [0.15, 0.2) is 0 Å². The average Bonchev–Trinajstić information content (AvgIpc) is 3.24. The van der Waals surface area contributed by atoms with Crippen LogP contribution in [0.3, 0.4) is 0 Å². The smallest absolute Gasteiger partial charge is 0.333 e. The van der Waals surface area contributed by atoms with Gasteiger partial charge in [-0.25, -0.2) is 0 Å². The summed E-state index contributed by atoms with van der Waals surface area (Å²) in [6.45, 7) is 0. The molecule has 1 N–H and O–H groups in total. The van der Waals surface area contributed by atoms with E-state index in [9.17, 15) is 22.8 Å². The van der Waals surface area contributed by atoms with Crippen LogP contribution in [0.15, 0.2) is 66.0 Å². The molecule has 0 aliphatic carbocycles. The Kier molecular flexibility index (Phi) is 5.11. The summed E-state index contributed by atoms with van der Waals surface area (Å²) in [5.74, 6) is -1.44. The SMILES string of the molecule is CN1C(=O)c2ccccc2[C@H](C(=O)Nc2cccc(C(F)(F)F)c2)[C@@H]1c1cccs1. The Balaban J connectivity index is 1.75. The molecule has 8 heteroatoms. The summed E-state index contributed by atoms with van der Waals surface area (Å²) >= 11 is 1.42. The quantitative estimate of drug-likeness (QED) is 0.612. The molecule has 0 spiro atoms. The van der Waals surface area contributed by atoms with Gasteiger partial charge >= 0.3 is 6.18 Å². The molecule has 4 rings (SSSR count). The third kappa shape index (κ3) is 3.59. The van der Waals surface area contributed by atoms with Gasteiger partial charge in [0.25, 0.3) is 5.91 Å². The lowest BCUT2D eigenvalue weighted by atomic mass is 9.81. The number of thiophene rings is 1. The number of likely N-dealkylation sites (N-methyl/N-ethyl adjacent to an activating group) is 1. The maximum absolute atomic E-state index is 13.3. The highest BCUT2D eigenvalue weighted by atomic mass is 32.1. The molecule has 0 saturated heterocycles. The summed E-state index contributed by atoms with van der Waals surface area (Å²) < 4.78 is 39.1.